The van der Waals surface area contributed by atoms with Crippen molar-refractivity contribution >= 4 is 22.8 Å². The number of nitrogens with zero attached hydrogens (tertiary/aromatic N) is 5. The lowest BCUT2D eigenvalue weighted by Gasteiger charge is -2.08. The van der Waals surface area contributed by atoms with Gasteiger partial charge in [0.05, 0.1) is 5.69 Å². The first-order chi connectivity index (χ1) is 11.1. The van der Waals surface area contributed by atoms with Gasteiger partial charge in [0.2, 0.25) is 0 Å². The Balaban J connectivity index is 1.48. The molecular formula is C14H18N8O. The molecule has 0 unspecified atom stereocenters. The molecule has 9 nitrogen and oxygen atoms in total. The predicted octanol–water partition coefficient (Wildman–Crippen LogP) is 1.38. The molecule has 0 bridgehead atoms. The van der Waals surface area contributed by atoms with Gasteiger partial charge in [0.1, 0.15) is 22.7 Å². The summed E-state index contributed by atoms with van der Waals surface area (Å²) in [5.74, 6) is 1.64. The van der Waals surface area contributed by atoms with Crippen LogP contribution in [-0.2, 0) is 6.54 Å². The molecule has 3 rings (SSSR count). The van der Waals surface area contributed by atoms with E-state index in [-0.39, 0.29) is 6.03 Å². The first-order valence-electron chi connectivity index (χ1n) is 7.36. The zero-order valence-corrected chi connectivity index (χ0v) is 13.0. The minimum atomic E-state index is -0.271. The monoisotopic (exact) mass is 314 g/mol. The van der Waals surface area contributed by atoms with Crippen LogP contribution in [0.2, 0.25) is 0 Å². The fourth-order valence-corrected chi connectivity index (χ4v) is 2.34. The molecule has 0 saturated heterocycles. The number of aromatic amines is 1. The molecule has 0 aliphatic rings. The van der Waals surface area contributed by atoms with Crippen molar-refractivity contribution in [3.63, 3.8) is 0 Å². The number of benzene rings is 1. The Hall–Kier alpha value is -2.97. The molecular weight excluding hydrogens is 296 g/mol. The van der Waals surface area contributed by atoms with Crippen molar-refractivity contribution in [2.45, 2.75) is 26.8 Å². The molecule has 0 saturated carbocycles. The molecule has 0 aliphatic carbocycles. The lowest BCUT2D eigenvalue weighted by Crippen LogP contribution is -2.30. The van der Waals surface area contributed by atoms with Gasteiger partial charge in [-0.3, -0.25) is 4.68 Å². The number of carbonyl (C=O) groups is 1. The van der Waals surface area contributed by atoms with Crippen molar-refractivity contribution in [2.24, 2.45) is 0 Å². The van der Waals surface area contributed by atoms with Gasteiger partial charge >= 0.3 is 6.03 Å². The third-order valence-electron chi connectivity index (χ3n) is 3.39. The van der Waals surface area contributed by atoms with Crippen molar-refractivity contribution in [2.75, 3.05) is 11.9 Å². The summed E-state index contributed by atoms with van der Waals surface area (Å²) < 4.78 is 1.84. The van der Waals surface area contributed by atoms with E-state index >= 15 is 0 Å². The van der Waals surface area contributed by atoms with Gasteiger partial charge in [0, 0.05) is 13.1 Å². The molecule has 0 aliphatic heterocycles. The third kappa shape index (κ3) is 3.44. The van der Waals surface area contributed by atoms with Crippen molar-refractivity contribution < 1.29 is 4.79 Å². The largest absolute Gasteiger partial charge is 0.338 e. The van der Waals surface area contributed by atoms with E-state index < -0.39 is 0 Å². The highest BCUT2D eigenvalue weighted by Gasteiger charge is 2.08. The molecule has 0 fully saturated rings. The van der Waals surface area contributed by atoms with Crippen molar-refractivity contribution in [1.82, 2.24) is 35.5 Å². The Bertz CT molecular complexity index is 821. The summed E-state index contributed by atoms with van der Waals surface area (Å²) >= 11 is 0. The van der Waals surface area contributed by atoms with Gasteiger partial charge in [-0.15, -0.1) is 0 Å². The fourth-order valence-electron chi connectivity index (χ4n) is 2.34. The number of aryl methyl sites for hydroxylation is 3. The average Bonchev–Trinajstić information content (AvgIpc) is 3.11. The number of para-hydroxylation sites is 1. The van der Waals surface area contributed by atoms with E-state index in [1.54, 1.807) is 6.07 Å². The highest BCUT2D eigenvalue weighted by Crippen LogP contribution is 2.18. The topological polar surface area (TPSA) is 113 Å². The molecule has 1 aromatic carbocycles. The molecule has 120 valence electrons. The Kier molecular flexibility index (Phi) is 4.18. The van der Waals surface area contributed by atoms with E-state index in [0.29, 0.717) is 29.8 Å². The zero-order valence-electron chi connectivity index (χ0n) is 13.0. The zero-order chi connectivity index (χ0) is 16.2. The molecule has 2 heterocycles. The predicted molar refractivity (Wildman–Crippen MR) is 85.0 cm³/mol. The first kappa shape index (κ1) is 14.9. The van der Waals surface area contributed by atoms with Crippen LogP contribution in [0.3, 0.4) is 0 Å². The number of carbonyl (C=O) groups excluding carboxylic acids is 1. The molecule has 2 amide bonds. The Morgan fingerprint density at radius 1 is 1.30 bits per heavy atom. The third-order valence-corrected chi connectivity index (χ3v) is 3.39. The maximum absolute atomic E-state index is 11.9. The van der Waals surface area contributed by atoms with Crippen molar-refractivity contribution in [1.29, 1.82) is 0 Å². The van der Waals surface area contributed by atoms with Crippen LogP contribution < -0.4 is 10.6 Å². The number of rotatable bonds is 5. The van der Waals surface area contributed by atoms with Gasteiger partial charge in [0.25, 0.3) is 0 Å². The van der Waals surface area contributed by atoms with Gasteiger partial charge < -0.3 is 10.6 Å². The van der Waals surface area contributed by atoms with Crippen LogP contribution in [0.15, 0.2) is 18.2 Å². The highest BCUT2D eigenvalue weighted by molar-refractivity contribution is 5.98. The maximum Gasteiger partial charge on any atom is 0.319 e. The van der Waals surface area contributed by atoms with Crippen LogP contribution in [-0.4, -0.2) is 42.8 Å². The van der Waals surface area contributed by atoms with Crippen molar-refractivity contribution in [3.8, 4) is 0 Å². The maximum atomic E-state index is 11.9. The molecule has 0 spiro atoms. The normalized spacial score (nSPS) is 10.9. The highest BCUT2D eigenvalue weighted by atomic mass is 16.2. The Labute approximate surface area is 132 Å². The molecule has 2 aromatic heterocycles. The van der Waals surface area contributed by atoms with E-state index in [0.717, 1.165) is 18.1 Å². The number of H-pyrrole nitrogens is 1. The van der Waals surface area contributed by atoms with E-state index in [2.05, 4.69) is 36.1 Å². The van der Waals surface area contributed by atoms with E-state index in [9.17, 15) is 4.79 Å². The Morgan fingerprint density at radius 3 is 2.96 bits per heavy atom. The van der Waals surface area contributed by atoms with Gasteiger partial charge in [-0.1, -0.05) is 6.07 Å². The van der Waals surface area contributed by atoms with E-state index in [1.165, 1.54) is 0 Å². The van der Waals surface area contributed by atoms with Crippen LogP contribution in [0.25, 0.3) is 11.0 Å². The van der Waals surface area contributed by atoms with Crippen molar-refractivity contribution in [3.05, 3.63) is 29.8 Å². The smallest absolute Gasteiger partial charge is 0.319 e. The van der Waals surface area contributed by atoms with Crippen LogP contribution in [0.5, 0.6) is 0 Å². The minimum Gasteiger partial charge on any atom is -0.338 e. The summed E-state index contributed by atoms with van der Waals surface area (Å²) in [6.45, 7) is 5.03. The van der Waals surface area contributed by atoms with Gasteiger partial charge in [-0.2, -0.15) is 20.5 Å². The van der Waals surface area contributed by atoms with Crippen LogP contribution >= 0.6 is 0 Å². The van der Waals surface area contributed by atoms with Gasteiger partial charge in [-0.25, -0.2) is 9.78 Å². The number of anilines is 1. The molecule has 0 atom stereocenters. The summed E-state index contributed by atoms with van der Waals surface area (Å²) in [5.41, 5.74) is 1.97. The number of nitrogens with one attached hydrogen (secondary N) is 3. The van der Waals surface area contributed by atoms with Crippen LogP contribution in [0, 0.1) is 13.8 Å². The average molecular weight is 314 g/mol. The van der Waals surface area contributed by atoms with Crippen LogP contribution in [0.1, 0.15) is 18.1 Å². The lowest BCUT2D eigenvalue weighted by atomic mass is 10.2. The summed E-state index contributed by atoms with van der Waals surface area (Å²) in [7, 11) is 0. The van der Waals surface area contributed by atoms with E-state index in [1.807, 2.05) is 30.7 Å². The summed E-state index contributed by atoms with van der Waals surface area (Å²) in [5, 5.41) is 20.4. The first-order valence-corrected chi connectivity index (χ1v) is 7.36. The minimum absolute atomic E-state index is 0.271. The number of urea groups is 1. The Morgan fingerprint density at radius 2 is 2.17 bits per heavy atom. The number of aromatic nitrogens is 6. The lowest BCUT2D eigenvalue weighted by molar-refractivity contribution is 0.251. The second-order valence-corrected chi connectivity index (χ2v) is 5.16. The van der Waals surface area contributed by atoms with Gasteiger partial charge in [0.15, 0.2) is 0 Å². The summed E-state index contributed by atoms with van der Waals surface area (Å²) in [4.78, 5) is 16.2. The van der Waals surface area contributed by atoms with Gasteiger partial charge in [-0.05, 0) is 32.4 Å². The van der Waals surface area contributed by atoms with E-state index in [4.69, 9.17) is 0 Å². The molecule has 3 N–H and O–H groups in total. The molecule has 3 aromatic rings. The number of fused-ring (bicyclic) bond motifs is 1. The molecule has 0 radical (unpaired) electrons. The SMILES string of the molecule is Cc1nc(C)n(CCCNC(=O)Nc2cccc3n[nH]nc23)n1. The molecule has 9 heteroatoms. The summed E-state index contributed by atoms with van der Waals surface area (Å²) in [6, 6.07) is 5.15. The second-order valence-electron chi connectivity index (χ2n) is 5.16. The number of hydrogen-bond donors (Lipinski definition) is 3. The fraction of sp³-hybridized carbons (Fsp3) is 0.357. The number of hydrogen-bond acceptors (Lipinski definition) is 5. The van der Waals surface area contributed by atoms with Crippen LogP contribution in [0.4, 0.5) is 10.5 Å². The quantitative estimate of drug-likeness (QED) is 0.616. The summed E-state index contributed by atoms with van der Waals surface area (Å²) in [6.07, 6.45) is 0.769. The second kappa shape index (κ2) is 6.42. The standard InChI is InChI=1S/C14H18N8O/c1-9-16-10(2)22(20-9)8-4-7-15-14(23)17-11-5-3-6-12-13(11)19-21-18-12/h3,5-6H,4,7-8H2,1-2H3,(H2,15,17,23)(H,18,19,21). The number of amides is 2. The molecule has 23 heavy (non-hydrogen) atoms.